The molecule has 2 rings (SSSR count). The molecule has 0 aromatic carbocycles. The quantitative estimate of drug-likeness (QED) is 0.706. The Hall–Kier alpha value is -0.0400. The van der Waals surface area contributed by atoms with Crippen molar-refractivity contribution < 1.29 is 0 Å². The van der Waals surface area contributed by atoms with Gasteiger partial charge in [-0.05, 0) is 37.5 Å². The van der Waals surface area contributed by atoms with Crippen molar-refractivity contribution in [2.75, 3.05) is 0 Å². The van der Waals surface area contributed by atoms with E-state index in [1.165, 1.54) is 38.5 Å². The molecule has 2 aliphatic heterocycles. The molecule has 1 heteroatoms. The van der Waals surface area contributed by atoms with Crippen molar-refractivity contribution >= 4 is 0 Å². The van der Waals surface area contributed by atoms with Crippen LogP contribution in [-0.2, 0) is 0 Å². The van der Waals surface area contributed by atoms with E-state index in [2.05, 4.69) is 19.2 Å². The van der Waals surface area contributed by atoms with E-state index in [-0.39, 0.29) is 0 Å². The van der Waals surface area contributed by atoms with E-state index < -0.39 is 0 Å². The minimum Gasteiger partial charge on any atom is -0.311 e. The first-order valence-corrected chi connectivity index (χ1v) is 6.00. The van der Waals surface area contributed by atoms with Gasteiger partial charge in [-0.3, -0.25) is 0 Å². The van der Waals surface area contributed by atoms with Gasteiger partial charge in [0.05, 0.1) is 0 Å². The number of rotatable bonds is 3. The SMILES string of the molecule is CC(C)CCC1CC2CCC(C1)N2. The molecule has 0 radical (unpaired) electrons. The van der Waals surface area contributed by atoms with E-state index >= 15 is 0 Å². The van der Waals surface area contributed by atoms with Crippen LogP contribution in [0.1, 0.15) is 52.4 Å². The van der Waals surface area contributed by atoms with Gasteiger partial charge in [0.2, 0.25) is 0 Å². The fourth-order valence-corrected chi connectivity index (χ4v) is 2.98. The summed E-state index contributed by atoms with van der Waals surface area (Å²) in [6, 6.07) is 1.77. The van der Waals surface area contributed by atoms with Gasteiger partial charge in [-0.1, -0.05) is 26.7 Å². The Morgan fingerprint density at radius 2 is 1.77 bits per heavy atom. The molecule has 2 saturated heterocycles. The van der Waals surface area contributed by atoms with E-state index in [1.807, 2.05) is 0 Å². The molecule has 2 unspecified atom stereocenters. The number of hydrogen-bond donors (Lipinski definition) is 1. The minimum atomic E-state index is 0.885. The van der Waals surface area contributed by atoms with Gasteiger partial charge in [-0.25, -0.2) is 0 Å². The van der Waals surface area contributed by atoms with Gasteiger partial charge in [-0.15, -0.1) is 0 Å². The highest BCUT2D eigenvalue weighted by atomic mass is 15.0. The minimum absolute atomic E-state index is 0.885. The van der Waals surface area contributed by atoms with E-state index in [1.54, 1.807) is 0 Å². The van der Waals surface area contributed by atoms with E-state index in [0.717, 1.165) is 23.9 Å². The van der Waals surface area contributed by atoms with Crippen LogP contribution < -0.4 is 5.32 Å². The van der Waals surface area contributed by atoms with Gasteiger partial charge < -0.3 is 5.32 Å². The standard InChI is InChI=1S/C12H23N/c1-9(2)3-4-10-7-11-5-6-12(8-10)13-11/h9-13H,3-8H2,1-2H3. The monoisotopic (exact) mass is 181 g/mol. The van der Waals surface area contributed by atoms with Crippen molar-refractivity contribution in [1.29, 1.82) is 0 Å². The molecule has 2 aliphatic rings. The highest BCUT2D eigenvalue weighted by Crippen LogP contribution is 2.33. The zero-order valence-corrected chi connectivity index (χ0v) is 9.05. The van der Waals surface area contributed by atoms with Gasteiger partial charge in [0.15, 0.2) is 0 Å². The topological polar surface area (TPSA) is 12.0 Å². The fourth-order valence-electron chi connectivity index (χ4n) is 2.98. The van der Waals surface area contributed by atoms with Crippen molar-refractivity contribution in [1.82, 2.24) is 5.32 Å². The van der Waals surface area contributed by atoms with Crippen LogP contribution in [0, 0.1) is 11.8 Å². The van der Waals surface area contributed by atoms with Crippen LogP contribution in [0.15, 0.2) is 0 Å². The molecule has 0 aromatic rings. The smallest absolute Gasteiger partial charge is 0.00728 e. The van der Waals surface area contributed by atoms with Crippen molar-refractivity contribution in [2.45, 2.75) is 64.5 Å². The molecule has 0 saturated carbocycles. The molecule has 1 N–H and O–H groups in total. The molecular weight excluding hydrogens is 158 g/mol. The normalized spacial score (nSPS) is 38.5. The zero-order chi connectivity index (χ0) is 9.26. The maximum Gasteiger partial charge on any atom is 0.00728 e. The lowest BCUT2D eigenvalue weighted by atomic mass is 9.87. The maximum atomic E-state index is 3.71. The summed E-state index contributed by atoms with van der Waals surface area (Å²) in [5.74, 6) is 1.94. The van der Waals surface area contributed by atoms with Gasteiger partial charge >= 0.3 is 0 Å². The summed E-state index contributed by atoms with van der Waals surface area (Å²) < 4.78 is 0. The average molecular weight is 181 g/mol. The second kappa shape index (κ2) is 4.00. The first kappa shape index (κ1) is 9.51. The summed E-state index contributed by atoms with van der Waals surface area (Å²) in [6.45, 7) is 4.69. The summed E-state index contributed by atoms with van der Waals surface area (Å²) in [6.07, 6.45) is 8.73. The lowest BCUT2D eigenvalue weighted by Gasteiger charge is -2.29. The Morgan fingerprint density at radius 3 is 2.31 bits per heavy atom. The van der Waals surface area contributed by atoms with Crippen molar-refractivity contribution in [3.63, 3.8) is 0 Å². The Kier molecular flexibility index (Phi) is 2.92. The predicted molar refractivity (Wildman–Crippen MR) is 56.7 cm³/mol. The number of piperidine rings is 1. The molecule has 13 heavy (non-hydrogen) atoms. The third-order valence-corrected chi connectivity index (χ3v) is 3.72. The number of fused-ring (bicyclic) bond motifs is 2. The molecule has 2 heterocycles. The molecular formula is C12H23N. The van der Waals surface area contributed by atoms with E-state index in [0.29, 0.717) is 0 Å². The predicted octanol–water partition coefficient (Wildman–Crippen LogP) is 2.95. The maximum absolute atomic E-state index is 3.71. The summed E-state index contributed by atoms with van der Waals surface area (Å²) in [5, 5.41) is 3.71. The first-order chi connectivity index (χ1) is 6.24. The van der Waals surface area contributed by atoms with Gasteiger partial charge in [0.1, 0.15) is 0 Å². The van der Waals surface area contributed by atoms with Crippen LogP contribution in [-0.4, -0.2) is 12.1 Å². The average Bonchev–Trinajstić information content (AvgIpc) is 2.42. The van der Waals surface area contributed by atoms with Gasteiger partial charge in [-0.2, -0.15) is 0 Å². The van der Waals surface area contributed by atoms with Crippen molar-refractivity contribution in [3.05, 3.63) is 0 Å². The van der Waals surface area contributed by atoms with Crippen LogP contribution >= 0.6 is 0 Å². The molecule has 2 bridgehead atoms. The van der Waals surface area contributed by atoms with E-state index in [4.69, 9.17) is 0 Å². The van der Waals surface area contributed by atoms with Crippen LogP contribution in [0.2, 0.25) is 0 Å². The van der Waals surface area contributed by atoms with Gasteiger partial charge in [0.25, 0.3) is 0 Å². The molecule has 2 fully saturated rings. The first-order valence-electron chi connectivity index (χ1n) is 6.00. The third-order valence-electron chi connectivity index (χ3n) is 3.72. The Morgan fingerprint density at radius 1 is 1.15 bits per heavy atom. The molecule has 0 spiro atoms. The van der Waals surface area contributed by atoms with Crippen molar-refractivity contribution in [3.8, 4) is 0 Å². The molecule has 0 aliphatic carbocycles. The van der Waals surface area contributed by atoms with Gasteiger partial charge in [0, 0.05) is 12.1 Å². The summed E-state index contributed by atoms with van der Waals surface area (Å²) in [5.41, 5.74) is 0. The summed E-state index contributed by atoms with van der Waals surface area (Å²) >= 11 is 0. The molecule has 76 valence electrons. The third kappa shape index (κ3) is 2.46. The molecule has 1 nitrogen and oxygen atoms in total. The lowest BCUT2D eigenvalue weighted by molar-refractivity contribution is 0.272. The zero-order valence-electron chi connectivity index (χ0n) is 9.05. The number of nitrogens with one attached hydrogen (secondary N) is 1. The second-order valence-electron chi connectivity index (χ2n) is 5.45. The lowest BCUT2D eigenvalue weighted by Crippen LogP contribution is -2.38. The molecule has 0 aromatic heterocycles. The Bertz CT molecular complexity index is 153. The van der Waals surface area contributed by atoms with Crippen molar-refractivity contribution in [2.24, 2.45) is 11.8 Å². The van der Waals surface area contributed by atoms with E-state index in [9.17, 15) is 0 Å². The van der Waals surface area contributed by atoms with Crippen LogP contribution in [0.25, 0.3) is 0 Å². The molecule has 2 atom stereocenters. The summed E-state index contributed by atoms with van der Waals surface area (Å²) in [7, 11) is 0. The Labute approximate surface area is 82.3 Å². The summed E-state index contributed by atoms with van der Waals surface area (Å²) in [4.78, 5) is 0. The largest absolute Gasteiger partial charge is 0.311 e. The molecule has 0 amide bonds. The number of hydrogen-bond acceptors (Lipinski definition) is 1. The fraction of sp³-hybridized carbons (Fsp3) is 1.00. The Balaban J connectivity index is 1.75. The van der Waals surface area contributed by atoms with Crippen LogP contribution in [0.3, 0.4) is 0 Å². The van der Waals surface area contributed by atoms with Crippen LogP contribution in [0.5, 0.6) is 0 Å². The highest BCUT2D eigenvalue weighted by molar-refractivity contribution is 4.91. The van der Waals surface area contributed by atoms with Crippen LogP contribution in [0.4, 0.5) is 0 Å². The highest BCUT2D eigenvalue weighted by Gasteiger charge is 2.32. The second-order valence-corrected chi connectivity index (χ2v) is 5.45.